The Balaban J connectivity index is 1.58. The maximum Gasteiger partial charge on any atom is 0.264 e. The molecule has 0 aromatic heterocycles. The monoisotopic (exact) mass is 428 g/mol. The molecule has 1 N–H and O–H groups in total. The fourth-order valence-electron chi connectivity index (χ4n) is 4.43. The van der Waals surface area contributed by atoms with Crippen LogP contribution in [0.5, 0.6) is 5.75 Å². The summed E-state index contributed by atoms with van der Waals surface area (Å²) < 4.78 is 33.4. The van der Waals surface area contributed by atoms with Crippen LogP contribution in [0.25, 0.3) is 0 Å². The lowest BCUT2D eigenvalue weighted by molar-refractivity contribution is 0.0940. The van der Waals surface area contributed by atoms with E-state index in [9.17, 15) is 13.2 Å². The number of nitrogens with one attached hydrogen (secondary N) is 1. The van der Waals surface area contributed by atoms with Crippen molar-refractivity contribution in [2.75, 3.05) is 24.5 Å². The van der Waals surface area contributed by atoms with Gasteiger partial charge in [-0.15, -0.1) is 0 Å². The molecule has 0 bridgehead atoms. The summed E-state index contributed by atoms with van der Waals surface area (Å²) in [4.78, 5) is 13.0. The summed E-state index contributed by atoms with van der Waals surface area (Å²) in [6.07, 6.45) is 6.60. The molecule has 1 fully saturated rings. The molecule has 4 rings (SSSR count). The van der Waals surface area contributed by atoms with Gasteiger partial charge in [0.1, 0.15) is 5.75 Å². The summed E-state index contributed by atoms with van der Waals surface area (Å²) in [6, 6.07) is 12.0. The van der Waals surface area contributed by atoms with Crippen LogP contribution in [-0.4, -0.2) is 34.5 Å². The van der Waals surface area contributed by atoms with E-state index >= 15 is 0 Å². The third-order valence-electron chi connectivity index (χ3n) is 6.12. The highest BCUT2D eigenvalue weighted by atomic mass is 32.2. The molecule has 7 heteroatoms. The molecule has 1 aliphatic heterocycles. The van der Waals surface area contributed by atoms with Crippen molar-refractivity contribution in [3.8, 4) is 5.75 Å². The van der Waals surface area contributed by atoms with Crippen LogP contribution in [0.1, 0.15) is 48.0 Å². The van der Waals surface area contributed by atoms with Crippen LogP contribution in [0.2, 0.25) is 0 Å². The van der Waals surface area contributed by atoms with E-state index in [1.807, 2.05) is 24.3 Å². The SMILES string of the molecule is COc1ccc(S(=O)(=O)N2CCc3ccccc32)cc1C(=O)NCC1CCCCC1. The van der Waals surface area contributed by atoms with Gasteiger partial charge in [-0.3, -0.25) is 9.10 Å². The first-order valence-corrected chi connectivity index (χ1v) is 12.0. The fourth-order valence-corrected chi connectivity index (χ4v) is 5.96. The minimum Gasteiger partial charge on any atom is -0.496 e. The van der Waals surface area contributed by atoms with Crippen LogP contribution >= 0.6 is 0 Å². The summed E-state index contributed by atoms with van der Waals surface area (Å²) in [7, 11) is -2.29. The number of amides is 1. The number of ether oxygens (including phenoxy) is 1. The van der Waals surface area contributed by atoms with Gasteiger partial charge in [-0.1, -0.05) is 37.5 Å². The second-order valence-corrected chi connectivity index (χ2v) is 9.89. The topological polar surface area (TPSA) is 75.7 Å². The number of hydrogen-bond donors (Lipinski definition) is 1. The Morgan fingerprint density at radius 2 is 1.90 bits per heavy atom. The van der Waals surface area contributed by atoms with E-state index in [2.05, 4.69) is 5.32 Å². The smallest absolute Gasteiger partial charge is 0.264 e. The zero-order valence-electron chi connectivity index (χ0n) is 17.3. The average Bonchev–Trinajstić information content (AvgIpc) is 3.23. The zero-order valence-corrected chi connectivity index (χ0v) is 18.1. The lowest BCUT2D eigenvalue weighted by atomic mass is 9.89. The number of rotatable bonds is 6. The van der Waals surface area contributed by atoms with Gasteiger partial charge in [0.15, 0.2) is 0 Å². The maximum absolute atomic E-state index is 13.3. The quantitative estimate of drug-likeness (QED) is 0.760. The van der Waals surface area contributed by atoms with E-state index < -0.39 is 10.0 Å². The molecule has 0 radical (unpaired) electrons. The van der Waals surface area contributed by atoms with Crippen molar-refractivity contribution in [1.29, 1.82) is 0 Å². The van der Waals surface area contributed by atoms with Gasteiger partial charge in [-0.25, -0.2) is 8.42 Å². The lowest BCUT2D eigenvalue weighted by Gasteiger charge is -2.22. The van der Waals surface area contributed by atoms with Gasteiger partial charge in [0.2, 0.25) is 0 Å². The molecule has 2 aliphatic rings. The van der Waals surface area contributed by atoms with Crippen LogP contribution in [0.3, 0.4) is 0 Å². The number of carbonyl (C=O) groups excluding carboxylic acids is 1. The Morgan fingerprint density at radius 3 is 2.67 bits per heavy atom. The zero-order chi connectivity index (χ0) is 21.1. The predicted octanol–water partition coefficient (Wildman–Crippen LogP) is 3.76. The van der Waals surface area contributed by atoms with Crippen molar-refractivity contribution in [3.63, 3.8) is 0 Å². The van der Waals surface area contributed by atoms with Gasteiger partial charge in [-0.2, -0.15) is 0 Å². The molecule has 1 amide bonds. The summed E-state index contributed by atoms with van der Waals surface area (Å²) in [5.74, 6) is 0.565. The number of carbonyl (C=O) groups is 1. The van der Waals surface area contributed by atoms with E-state index in [1.165, 1.54) is 42.8 Å². The fraction of sp³-hybridized carbons (Fsp3) is 0.435. The summed E-state index contributed by atoms with van der Waals surface area (Å²) in [5.41, 5.74) is 1.97. The Labute approximate surface area is 178 Å². The Hall–Kier alpha value is -2.54. The largest absolute Gasteiger partial charge is 0.496 e. The highest BCUT2D eigenvalue weighted by Crippen LogP contribution is 2.34. The standard InChI is InChI=1S/C23H28N2O4S/c1-29-22-12-11-19(15-20(22)23(26)24-16-17-7-3-2-4-8-17)30(27,28)25-14-13-18-9-5-6-10-21(18)25/h5-6,9-12,15,17H,2-4,7-8,13-14,16H2,1H3,(H,24,26). The van der Waals surface area contributed by atoms with Gasteiger partial charge in [0.05, 0.1) is 23.3 Å². The number of para-hydroxylation sites is 1. The average molecular weight is 429 g/mol. The van der Waals surface area contributed by atoms with Crippen molar-refractivity contribution in [2.24, 2.45) is 5.92 Å². The minimum atomic E-state index is -3.77. The Morgan fingerprint density at radius 1 is 1.13 bits per heavy atom. The number of methoxy groups -OCH3 is 1. The van der Waals surface area contributed by atoms with Gasteiger partial charge in [0.25, 0.3) is 15.9 Å². The number of benzene rings is 2. The van der Waals surface area contributed by atoms with E-state index in [1.54, 1.807) is 6.07 Å². The third-order valence-corrected chi connectivity index (χ3v) is 7.93. The first kappa shape index (κ1) is 20.7. The highest BCUT2D eigenvalue weighted by molar-refractivity contribution is 7.92. The van der Waals surface area contributed by atoms with Crippen molar-refractivity contribution in [1.82, 2.24) is 5.32 Å². The lowest BCUT2D eigenvalue weighted by Crippen LogP contribution is -2.31. The molecule has 1 saturated carbocycles. The van der Waals surface area contributed by atoms with Crippen molar-refractivity contribution < 1.29 is 17.9 Å². The van der Waals surface area contributed by atoms with E-state index in [0.717, 1.165) is 18.4 Å². The number of anilines is 1. The van der Waals surface area contributed by atoms with E-state index in [4.69, 9.17) is 4.74 Å². The molecule has 1 heterocycles. The number of hydrogen-bond acceptors (Lipinski definition) is 4. The van der Waals surface area contributed by atoms with Crippen LogP contribution < -0.4 is 14.4 Å². The third kappa shape index (κ3) is 4.03. The first-order valence-electron chi connectivity index (χ1n) is 10.6. The molecule has 2 aromatic carbocycles. The van der Waals surface area contributed by atoms with Gasteiger partial charge < -0.3 is 10.1 Å². The predicted molar refractivity (Wildman–Crippen MR) is 117 cm³/mol. The number of fused-ring (bicyclic) bond motifs is 1. The van der Waals surface area contributed by atoms with Crippen LogP contribution in [0.4, 0.5) is 5.69 Å². The van der Waals surface area contributed by atoms with Gasteiger partial charge in [0, 0.05) is 13.1 Å². The Kier molecular flexibility index (Phi) is 5.99. The Bertz CT molecular complexity index is 1030. The molecule has 2 aromatic rings. The molecule has 30 heavy (non-hydrogen) atoms. The second-order valence-electron chi connectivity index (χ2n) is 8.03. The minimum absolute atomic E-state index is 0.0998. The normalized spacial score (nSPS) is 16.9. The molecule has 0 spiro atoms. The maximum atomic E-state index is 13.3. The van der Waals surface area contributed by atoms with Crippen LogP contribution in [0, 0.1) is 5.92 Å². The van der Waals surface area contributed by atoms with Crippen molar-refractivity contribution >= 4 is 21.6 Å². The molecular weight excluding hydrogens is 400 g/mol. The van der Waals surface area contributed by atoms with Crippen LogP contribution in [0.15, 0.2) is 47.4 Å². The second kappa shape index (κ2) is 8.68. The molecular formula is C23H28N2O4S. The van der Waals surface area contributed by atoms with Crippen molar-refractivity contribution in [2.45, 2.75) is 43.4 Å². The highest BCUT2D eigenvalue weighted by Gasteiger charge is 2.31. The van der Waals surface area contributed by atoms with E-state index in [-0.39, 0.29) is 16.4 Å². The van der Waals surface area contributed by atoms with E-state index in [0.29, 0.717) is 36.9 Å². The first-order chi connectivity index (χ1) is 14.5. The molecule has 1 aliphatic carbocycles. The summed E-state index contributed by atoms with van der Waals surface area (Å²) in [6.45, 7) is 1.01. The summed E-state index contributed by atoms with van der Waals surface area (Å²) in [5, 5.41) is 2.98. The molecule has 160 valence electrons. The number of nitrogens with zero attached hydrogens (tertiary/aromatic N) is 1. The van der Waals surface area contributed by atoms with Gasteiger partial charge in [-0.05, 0) is 55.0 Å². The molecule has 0 saturated heterocycles. The molecule has 6 nitrogen and oxygen atoms in total. The molecule has 0 atom stereocenters. The molecule has 0 unspecified atom stereocenters. The van der Waals surface area contributed by atoms with Gasteiger partial charge >= 0.3 is 0 Å². The number of sulfonamides is 1. The summed E-state index contributed by atoms with van der Waals surface area (Å²) >= 11 is 0. The van der Waals surface area contributed by atoms with Crippen LogP contribution in [-0.2, 0) is 16.4 Å². The van der Waals surface area contributed by atoms with Crippen molar-refractivity contribution in [3.05, 3.63) is 53.6 Å².